The number of aliphatic carboxylic acids is 1. The number of hydrogen-bond donors (Lipinski definition) is 2. The topological polar surface area (TPSA) is 88.5 Å². The van der Waals surface area contributed by atoms with Gasteiger partial charge in [-0.2, -0.15) is 0 Å². The van der Waals surface area contributed by atoms with Crippen LogP contribution in [0.15, 0.2) is 18.3 Å². The third-order valence-corrected chi connectivity index (χ3v) is 1.72. The maximum Gasteiger partial charge on any atom is 0.309 e. The highest BCUT2D eigenvalue weighted by molar-refractivity contribution is 5.91. The van der Waals surface area contributed by atoms with Crippen molar-refractivity contribution in [3.63, 3.8) is 0 Å². The number of pyridine rings is 1. The molecule has 0 saturated carbocycles. The van der Waals surface area contributed by atoms with Crippen LogP contribution in [-0.4, -0.2) is 35.7 Å². The summed E-state index contributed by atoms with van der Waals surface area (Å²) in [5.41, 5.74) is 0.952. The Balaban J connectivity index is 2.57. The van der Waals surface area contributed by atoms with Crippen LogP contribution in [0.3, 0.4) is 0 Å². The smallest absolute Gasteiger partial charge is 0.309 e. The molecule has 6 heteroatoms. The average Bonchev–Trinajstić information content (AvgIpc) is 2.20. The summed E-state index contributed by atoms with van der Waals surface area (Å²) in [5, 5.41) is 11.1. The molecule has 86 valence electrons. The van der Waals surface area contributed by atoms with Crippen LogP contribution in [0, 0.1) is 0 Å². The molecule has 0 unspecified atom stereocenters. The van der Waals surface area contributed by atoms with Crippen LogP contribution in [0.1, 0.15) is 5.69 Å². The lowest BCUT2D eigenvalue weighted by Crippen LogP contribution is -2.17. The highest BCUT2D eigenvalue weighted by Crippen LogP contribution is 2.06. The molecule has 0 aliphatic carbocycles. The van der Waals surface area contributed by atoms with E-state index >= 15 is 0 Å². The van der Waals surface area contributed by atoms with E-state index in [1.165, 1.54) is 13.3 Å². The van der Waals surface area contributed by atoms with Gasteiger partial charge in [-0.05, 0) is 12.1 Å². The summed E-state index contributed by atoms with van der Waals surface area (Å²) in [5.74, 6) is -1.22. The summed E-state index contributed by atoms with van der Waals surface area (Å²) in [6.07, 6.45) is 1.28. The molecule has 0 fully saturated rings. The highest BCUT2D eigenvalue weighted by Gasteiger charge is 2.04. The fraction of sp³-hybridized carbons (Fsp3) is 0.300. The molecule has 1 aromatic heterocycles. The molecule has 0 bridgehead atoms. The first-order valence-corrected chi connectivity index (χ1v) is 4.57. The molecule has 0 aliphatic heterocycles. The minimum Gasteiger partial charge on any atom is -0.481 e. The van der Waals surface area contributed by atoms with E-state index in [0.29, 0.717) is 11.4 Å². The lowest BCUT2D eigenvalue weighted by Gasteiger charge is -2.04. The Bertz CT molecular complexity index is 375. The van der Waals surface area contributed by atoms with Crippen molar-refractivity contribution >= 4 is 17.6 Å². The van der Waals surface area contributed by atoms with Crippen LogP contribution in [-0.2, 0) is 20.7 Å². The van der Waals surface area contributed by atoms with Gasteiger partial charge in [-0.25, -0.2) is 0 Å². The first kappa shape index (κ1) is 12.1. The minimum atomic E-state index is -0.941. The fourth-order valence-corrected chi connectivity index (χ4v) is 1.09. The third kappa shape index (κ3) is 4.05. The molecule has 1 rings (SSSR count). The first-order chi connectivity index (χ1) is 7.61. The Morgan fingerprint density at radius 2 is 2.25 bits per heavy atom. The Kier molecular flexibility index (Phi) is 4.41. The van der Waals surface area contributed by atoms with Crippen molar-refractivity contribution < 1.29 is 19.4 Å². The second kappa shape index (κ2) is 5.82. The van der Waals surface area contributed by atoms with Crippen LogP contribution in [0.5, 0.6) is 0 Å². The standard InChI is InChI=1S/C10H12N2O4/c1-16-6-9(13)12-8-3-2-7(11-5-8)4-10(14)15/h2-3,5H,4,6H2,1H3,(H,12,13)(H,14,15). The molecule has 0 saturated heterocycles. The number of ether oxygens (including phenoxy) is 1. The van der Waals surface area contributed by atoms with Gasteiger partial charge >= 0.3 is 5.97 Å². The first-order valence-electron chi connectivity index (χ1n) is 4.57. The van der Waals surface area contributed by atoms with E-state index in [4.69, 9.17) is 5.11 Å². The quantitative estimate of drug-likeness (QED) is 0.750. The van der Waals surface area contributed by atoms with Crippen LogP contribution in [0.25, 0.3) is 0 Å². The van der Waals surface area contributed by atoms with Crippen molar-refractivity contribution in [1.82, 2.24) is 4.98 Å². The number of nitrogens with one attached hydrogen (secondary N) is 1. The van der Waals surface area contributed by atoms with E-state index in [1.807, 2.05) is 0 Å². The number of carbonyl (C=O) groups excluding carboxylic acids is 1. The van der Waals surface area contributed by atoms with E-state index in [2.05, 4.69) is 15.0 Å². The van der Waals surface area contributed by atoms with E-state index in [0.717, 1.165) is 0 Å². The van der Waals surface area contributed by atoms with Crippen LogP contribution < -0.4 is 5.32 Å². The van der Waals surface area contributed by atoms with E-state index < -0.39 is 5.97 Å². The predicted molar refractivity (Wildman–Crippen MR) is 56.1 cm³/mol. The summed E-state index contributed by atoms with van der Waals surface area (Å²) >= 11 is 0. The van der Waals surface area contributed by atoms with Crippen molar-refractivity contribution in [2.75, 3.05) is 19.0 Å². The lowest BCUT2D eigenvalue weighted by atomic mass is 10.2. The van der Waals surface area contributed by atoms with Gasteiger partial charge in [0.2, 0.25) is 5.91 Å². The highest BCUT2D eigenvalue weighted by atomic mass is 16.5. The second-order valence-electron chi connectivity index (χ2n) is 3.09. The number of rotatable bonds is 5. The Hall–Kier alpha value is -1.95. The molecule has 1 heterocycles. The molecule has 1 aromatic rings. The van der Waals surface area contributed by atoms with Crippen LogP contribution >= 0.6 is 0 Å². The average molecular weight is 224 g/mol. The Morgan fingerprint density at radius 3 is 2.75 bits per heavy atom. The number of carboxylic acids is 1. The number of methoxy groups -OCH3 is 1. The van der Waals surface area contributed by atoms with Gasteiger partial charge < -0.3 is 15.2 Å². The van der Waals surface area contributed by atoms with Crippen LogP contribution in [0.4, 0.5) is 5.69 Å². The molecule has 6 nitrogen and oxygen atoms in total. The maximum absolute atomic E-state index is 11.1. The summed E-state index contributed by atoms with van der Waals surface area (Å²) in [6.45, 7) is -0.0309. The zero-order valence-electron chi connectivity index (χ0n) is 8.77. The number of carbonyl (C=O) groups is 2. The Morgan fingerprint density at radius 1 is 1.50 bits per heavy atom. The molecular weight excluding hydrogens is 212 g/mol. The van der Waals surface area contributed by atoms with E-state index in [9.17, 15) is 9.59 Å². The Labute approximate surface area is 92.3 Å². The monoisotopic (exact) mass is 224 g/mol. The van der Waals surface area contributed by atoms with Crippen molar-refractivity contribution in [3.05, 3.63) is 24.0 Å². The SMILES string of the molecule is COCC(=O)Nc1ccc(CC(=O)O)nc1. The summed E-state index contributed by atoms with van der Waals surface area (Å²) in [6, 6.07) is 3.15. The van der Waals surface area contributed by atoms with Crippen molar-refractivity contribution in [1.29, 1.82) is 0 Å². The maximum atomic E-state index is 11.1. The zero-order chi connectivity index (χ0) is 12.0. The molecule has 2 N–H and O–H groups in total. The minimum absolute atomic E-state index is 0.0309. The second-order valence-corrected chi connectivity index (χ2v) is 3.09. The zero-order valence-corrected chi connectivity index (χ0v) is 8.77. The number of carboxylic acid groups (broad SMARTS) is 1. The van der Waals surface area contributed by atoms with Gasteiger partial charge in [-0.1, -0.05) is 0 Å². The number of hydrogen-bond acceptors (Lipinski definition) is 4. The van der Waals surface area contributed by atoms with Gasteiger partial charge in [0.15, 0.2) is 0 Å². The van der Waals surface area contributed by atoms with Crippen molar-refractivity contribution in [2.24, 2.45) is 0 Å². The van der Waals surface area contributed by atoms with E-state index in [1.54, 1.807) is 12.1 Å². The number of amides is 1. The molecule has 0 aromatic carbocycles. The lowest BCUT2D eigenvalue weighted by molar-refractivity contribution is -0.136. The summed E-state index contributed by atoms with van der Waals surface area (Å²) < 4.78 is 4.64. The largest absolute Gasteiger partial charge is 0.481 e. The normalized spacial score (nSPS) is 9.81. The number of aromatic nitrogens is 1. The van der Waals surface area contributed by atoms with Crippen molar-refractivity contribution in [3.8, 4) is 0 Å². The predicted octanol–water partition coefficient (Wildman–Crippen LogP) is 0.294. The molecule has 0 aliphatic rings. The van der Waals surface area contributed by atoms with Crippen LogP contribution in [0.2, 0.25) is 0 Å². The van der Waals surface area contributed by atoms with E-state index in [-0.39, 0.29) is 18.9 Å². The molecule has 0 spiro atoms. The van der Waals surface area contributed by atoms with Gasteiger partial charge in [0, 0.05) is 7.11 Å². The summed E-state index contributed by atoms with van der Waals surface area (Å²) in [4.78, 5) is 25.4. The van der Waals surface area contributed by atoms with Gasteiger partial charge in [0.05, 0.1) is 24.0 Å². The van der Waals surface area contributed by atoms with Gasteiger partial charge in [-0.3, -0.25) is 14.6 Å². The third-order valence-electron chi connectivity index (χ3n) is 1.72. The number of anilines is 1. The number of nitrogens with zero attached hydrogens (tertiary/aromatic N) is 1. The van der Waals surface area contributed by atoms with Gasteiger partial charge in [0.25, 0.3) is 0 Å². The summed E-state index contributed by atoms with van der Waals surface area (Å²) in [7, 11) is 1.42. The molecular formula is C10H12N2O4. The molecule has 16 heavy (non-hydrogen) atoms. The fourth-order valence-electron chi connectivity index (χ4n) is 1.09. The molecule has 1 amide bonds. The van der Waals surface area contributed by atoms with Gasteiger partial charge in [0.1, 0.15) is 6.61 Å². The molecule has 0 atom stereocenters. The molecule has 0 radical (unpaired) electrons. The van der Waals surface area contributed by atoms with Crippen molar-refractivity contribution in [2.45, 2.75) is 6.42 Å². The van der Waals surface area contributed by atoms with Gasteiger partial charge in [-0.15, -0.1) is 0 Å².